The zero-order chi connectivity index (χ0) is 10.6. The molecule has 0 aromatic heterocycles. The van der Waals surface area contributed by atoms with Crippen LogP contribution in [0.3, 0.4) is 0 Å². The minimum absolute atomic E-state index is 0.268. The van der Waals surface area contributed by atoms with Crippen LogP contribution in [-0.4, -0.2) is 30.3 Å². The smallest absolute Gasteiger partial charge is 0.458 e. The summed E-state index contributed by atoms with van der Waals surface area (Å²) in [6.45, 7) is 1.03. The van der Waals surface area contributed by atoms with Gasteiger partial charge >= 0.3 is 23.7 Å². The number of alkyl halides is 3. The van der Waals surface area contributed by atoms with Crippen molar-refractivity contribution in [1.82, 2.24) is 0 Å². The summed E-state index contributed by atoms with van der Waals surface area (Å²) in [6, 6.07) is 0. The molecule has 0 rings (SSSR count). The molecule has 0 N–H and O–H groups in total. The van der Waals surface area contributed by atoms with Gasteiger partial charge in [-0.1, -0.05) is 0 Å². The molecule has 0 bridgehead atoms. The maximum Gasteiger partial charge on any atom is 0.458 e. The fraction of sp³-hybridized carbons (Fsp3) is 0.500. The zero-order valence-electron chi connectivity index (χ0n) is 6.47. The number of halogens is 3. The molecule has 0 unspecified atom stereocenters. The highest BCUT2D eigenvalue weighted by molar-refractivity contribution is 6.63. The first-order valence-electron chi connectivity index (χ1n) is 3.13. The first-order valence-corrected chi connectivity index (χ1v) is 3.13. The van der Waals surface area contributed by atoms with Crippen molar-refractivity contribution in [1.29, 1.82) is 0 Å². The van der Waals surface area contributed by atoms with E-state index in [2.05, 4.69) is 4.74 Å². The van der Waals surface area contributed by atoms with E-state index in [1.807, 2.05) is 0 Å². The Morgan fingerprint density at radius 1 is 1.23 bits per heavy atom. The molecule has 0 aromatic carbocycles. The lowest BCUT2D eigenvalue weighted by molar-refractivity contribution is -0.178. The molecular formula is C6H5F3O4. The van der Waals surface area contributed by atoms with Crippen LogP contribution in [0.4, 0.5) is 13.2 Å². The van der Waals surface area contributed by atoms with E-state index in [1.165, 1.54) is 6.92 Å². The fourth-order valence-corrected chi connectivity index (χ4v) is 0.418. The highest BCUT2D eigenvalue weighted by Gasteiger charge is 2.46. The highest BCUT2D eigenvalue weighted by atomic mass is 19.4. The van der Waals surface area contributed by atoms with E-state index in [9.17, 15) is 27.6 Å². The SMILES string of the molecule is CCOC(=O)C(=O)C(=O)C(F)(F)F. The summed E-state index contributed by atoms with van der Waals surface area (Å²) in [7, 11) is 0. The number of hydrogen-bond acceptors (Lipinski definition) is 4. The van der Waals surface area contributed by atoms with Crippen molar-refractivity contribution in [2.45, 2.75) is 13.1 Å². The van der Waals surface area contributed by atoms with Gasteiger partial charge in [0, 0.05) is 0 Å². The largest absolute Gasteiger partial charge is 0.460 e. The number of hydrogen-bond donors (Lipinski definition) is 0. The minimum atomic E-state index is -5.33. The van der Waals surface area contributed by atoms with Crippen LogP contribution >= 0.6 is 0 Å². The Hall–Kier alpha value is -1.40. The van der Waals surface area contributed by atoms with Crippen molar-refractivity contribution in [2.24, 2.45) is 0 Å². The van der Waals surface area contributed by atoms with Gasteiger partial charge in [-0.25, -0.2) is 4.79 Å². The molecule has 74 valence electrons. The van der Waals surface area contributed by atoms with Crippen molar-refractivity contribution < 1.29 is 32.3 Å². The molecule has 0 spiro atoms. The quantitative estimate of drug-likeness (QED) is 0.370. The van der Waals surface area contributed by atoms with Crippen molar-refractivity contribution >= 4 is 17.5 Å². The van der Waals surface area contributed by atoms with Crippen molar-refractivity contribution in [3.05, 3.63) is 0 Å². The normalized spacial score (nSPS) is 10.8. The molecule has 0 fully saturated rings. The van der Waals surface area contributed by atoms with Crippen LogP contribution in [0.1, 0.15) is 6.92 Å². The Morgan fingerprint density at radius 2 is 1.69 bits per heavy atom. The number of ether oxygens (including phenoxy) is 1. The highest BCUT2D eigenvalue weighted by Crippen LogP contribution is 2.16. The molecule has 0 aliphatic rings. The predicted octanol–water partition coefficient (Wildman–Crippen LogP) is 0.250. The maximum atomic E-state index is 11.5. The van der Waals surface area contributed by atoms with E-state index < -0.39 is 23.7 Å². The third-order valence-corrected chi connectivity index (χ3v) is 0.925. The minimum Gasteiger partial charge on any atom is -0.460 e. The number of rotatable bonds is 3. The van der Waals surface area contributed by atoms with Gasteiger partial charge in [0.2, 0.25) is 0 Å². The van der Waals surface area contributed by atoms with Gasteiger partial charge in [-0.2, -0.15) is 13.2 Å². The molecule has 0 radical (unpaired) electrons. The zero-order valence-corrected chi connectivity index (χ0v) is 6.47. The van der Waals surface area contributed by atoms with E-state index in [4.69, 9.17) is 0 Å². The molecule has 4 nitrogen and oxygen atoms in total. The maximum absolute atomic E-state index is 11.5. The third kappa shape index (κ3) is 3.22. The van der Waals surface area contributed by atoms with Gasteiger partial charge in [-0.05, 0) is 6.92 Å². The Balaban J connectivity index is 4.45. The first-order chi connectivity index (χ1) is 5.80. The van der Waals surface area contributed by atoms with Crippen LogP contribution in [0.2, 0.25) is 0 Å². The lowest BCUT2D eigenvalue weighted by Gasteiger charge is -2.02. The Labute approximate surface area is 70.7 Å². The molecule has 0 amide bonds. The summed E-state index contributed by atoms with van der Waals surface area (Å²) in [5, 5.41) is 0. The number of carbonyl (C=O) groups is 3. The molecular weight excluding hydrogens is 193 g/mol. The van der Waals surface area contributed by atoms with Crippen molar-refractivity contribution in [3.63, 3.8) is 0 Å². The summed E-state index contributed by atoms with van der Waals surface area (Å²) < 4.78 is 38.5. The molecule has 7 heteroatoms. The first kappa shape index (κ1) is 11.6. The molecule has 0 saturated carbocycles. The standard InChI is InChI=1S/C6H5F3O4/c1-2-13-5(12)3(10)4(11)6(7,8)9/h2H2,1H3. The molecule has 0 saturated heterocycles. The fourth-order valence-electron chi connectivity index (χ4n) is 0.418. The van der Waals surface area contributed by atoms with Crippen LogP contribution in [-0.2, 0) is 19.1 Å². The molecule has 0 heterocycles. The molecule has 0 aromatic rings. The number of carbonyl (C=O) groups excluding carboxylic acids is 3. The van der Waals surface area contributed by atoms with Crippen LogP contribution in [0.15, 0.2) is 0 Å². The number of ketones is 2. The Kier molecular flexibility index (Phi) is 3.58. The van der Waals surface area contributed by atoms with Gasteiger partial charge in [0.15, 0.2) is 0 Å². The molecule has 0 atom stereocenters. The Morgan fingerprint density at radius 3 is 2.00 bits per heavy atom. The lowest BCUT2D eigenvalue weighted by atomic mass is 10.2. The second-order valence-corrected chi connectivity index (χ2v) is 1.88. The number of Topliss-reactive ketones (excluding diaryl/α,β-unsaturated/α-hetero) is 2. The summed E-state index contributed by atoms with van der Waals surface area (Å²) in [5.74, 6) is -6.70. The molecule has 0 aliphatic heterocycles. The van der Waals surface area contributed by atoms with Crippen LogP contribution in [0.25, 0.3) is 0 Å². The second-order valence-electron chi connectivity index (χ2n) is 1.88. The van der Waals surface area contributed by atoms with Crippen molar-refractivity contribution in [3.8, 4) is 0 Å². The summed E-state index contributed by atoms with van der Waals surface area (Å²) in [6.07, 6.45) is -5.33. The molecule has 13 heavy (non-hydrogen) atoms. The van der Waals surface area contributed by atoms with E-state index >= 15 is 0 Å². The van der Waals surface area contributed by atoms with Gasteiger partial charge in [0.1, 0.15) is 0 Å². The van der Waals surface area contributed by atoms with E-state index in [0.29, 0.717) is 0 Å². The average molecular weight is 198 g/mol. The predicted molar refractivity (Wildman–Crippen MR) is 32.7 cm³/mol. The van der Waals surface area contributed by atoms with Gasteiger partial charge in [-0.15, -0.1) is 0 Å². The van der Waals surface area contributed by atoms with Gasteiger partial charge in [0.25, 0.3) is 0 Å². The van der Waals surface area contributed by atoms with E-state index in [-0.39, 0.29) is 6.61 Å². The van der Waals surface area contributed by atoms with E-state index in [0.717, 1.165) is 0 Å². The average Bonchev–Trinajstić information content (AvgIpc) is 2.00. The van der Waals surface area contributed by atoms with Crippen LogP contribution in [0, 0.1) is 0 Å². The van der Waals surface area contributed by atoms with Gasteiger partial charge in [-0.3, -0.25) is 9.59 Å². The van der Waals surface area contributed by atoms with Gasteiger partial charge in [0.05, 0.1) is 6.61 Å². The van der Waals surface area contributed by atoms with Crippen LogP contribution in [0.5, 0.6) is 0 Å². The van der Waals surface area contributed by atoms with Crippen molar-refractivity contribution in [2.75, 3.05) is 6.61 Å². The number of esters is 1. The summed E-state index contributed by atoms with van der Waals surface area (Å²) in [4.78, 5) is 30.8. The topological polar surface area (TPSA) is 60.4 Å². The van der Waals surface area contributed by atoms with Crippen LogP contribution < -0.4 is 0 Å². The summed E-state index contributed by atoms with van der Waals surface area (Å²) >= 11 is 0. The second kappa shape index (κ2) is 4.01. The van der Waals surface area contributed by atoms with E-state index in [1.54, 1.807) is 0 Å². The van der Waals surface area contributed by atoms with Gasteiger partial charge < -0.3 is 4.74 Å². The third-order valence-electron chi connectivity index (χ3n) is 0.925. The summed E-state index contributed by atoms with van der Waals surface area (Å²) in [5.41, 5.74) is 0. The lowest BCUT2D eigenvalue weighted by Crippen LogP contribution is -2.36. The Bertz CT molecular complexity index is 243. The monoisotopic (exact) mass is 198 g/mol. The molecule has 0 aliphatic carbocycles.